The molecule has 0 bridgehead atoms. The van der Waals surface area contributed by atoms with Gasteiger partial charge in [-0.25, -0.2) is 17.7 Å². The van der Waals surface area contributed by atoms with Gasteiger partial charge in [0.15, 0.2) is 5.13 Å². The fourth-order valence-electron chi connectivity index (χ4n) is 1.45. The van der Waals surface area contributed by atoms with Crippen LogP contribution in [0.25, 0.3) is 11.3 Å². The summed E-state index contributed by atoms with van der Waals surface area (Å²) in [5, 5.41) is 2.27. The number of hydrogen-bond donors (Lipinski definition) is 1. The molecule has 5 nitrogen and oxygen atoms in total. The molecule has 0 aliphatic rings. The summed E-state index contributed by atoms with van der Waals surface area (Å²) < 4.78 is 25.2. The van der Waals surface area contributed by atoms with Crippen molar-refractivity contribution in [3.05, 3.63) is 29.6 Å². The van der Waals surface area contributed by atoms with Crippen molar-refractivity contribution in [1.82, 2.24) is 9.29 Å². The molecule has 0 saturated carbocycles. The SMILES string of the molecule is CN(C)S(=O)(=O)c1cccc(-c2csc(N)n2)c1. The Balaban J connectivity index is 2.49. The highest BCUT2D eigenvalue weighted by molar-refractivity contribution is 7.89. The van der Waals surface area contributed by atoms with Gasteiger partial charge in [-0.2, -0.15) is 0 Å². The van der Waals surface area contributed by atoms with E-state index in [0.717, 1.165) is 5.56 Å². The summed E-state index contributed by atoms with van der Waals surface area (Å²) in [6.07, 6.45) is 0. The van der Waals surface area contributed by atoms with Crippen molar-refractivity contribution >= 4 is 26.5 Å². The number of benzene rings is 1. The summed E-state index contributed by atoms with van der Waals surface area (Å²) >= 11 is 1.33. The van der Waals surface area contributed by atoms with Crippen LogP contribution in [0.4, 0.5) is 5.13 Å². The summed E-state index contributed by atoms with van der Waals surface area (Å²) in [4.78, 5) is 4.38. The first-order valence-electron chi connectivity index (χ1n) is 5.15. The van der Waals surface area contributed by atoms with Gasteiger partial charge in [0.05, 0.1) is 10.6 Å². The van der Waals surface area contributed by atoms with Crippen LogP contribution < -0.4 is 5.73 Å². The van der Waals surface area contributed by atoms with Gasteiger partial charge < -0.3 is 5.73 Å². The smallest absolute Gasteiger partial charge is 0.242 e. The monoisotopic (exact) mass is 283 g/mol. The van der Waals surface area contributed by atoms with Crippen LogP contribution in [0.5, 0.6) is 0 Å². The van der Waals surface area contributed by atoms with Crippen LogP contribution in [0.3, 0.4) is 0 Å². The molecular formula is C11H13N3O2S2. The number of anilines is 1. The average Bonchev–Trinajstić information content (AvgIpc) is 2.76. The van der Waals surface area contributed by atoms with Crippen molar-refractivity contribution in [2.75, 3.05) is 19.8 Å². The maximum absolute atomic E-state index is 12.0. The first kappa shape index (κ1) is 13.0. The van der Waals surface area contributed by atoms with E-state index in [2.05, 4.69) is 4.98 Å². The molecule has 2 rings (SSSR count). The Hall–Kier alpha value is -1.44. The van der Waals surface area contributed by atoms with Gasteiger partial charge in [0.2, 0.25) is 10.0 Å². The normalized spacial score (nSPS) is 11.9. The fraction of sp³-hybridized carbons (Fsp3) is 0.182. The highest BCUT2D eigenvalue weighted by Crippen LogP contribution is 2.25. The number of hydrogen-bond acceptors (Lipinski definition) is 5. The van der Waals surface area contributed by atoms with Crippen molar-refractivity contribution in [1.29, 1.82) is 0 Å². The van der Waals surface area contributed by atoms with Gasteiger partial charge in [-0.3, -0.25) is 0 Å². The first-order valence-corrected chi connectivity index (χ1v) is 7.47. The lowest BCUT2D eigenvalue weighted by Crippen LogP contribution is -2.22. The molecule has 0 aliphatic carbocycles. The van der Waals surface area contributed by atoms with E-state index >= 15 is 0 Å². The maximum Gasteiger partial charge on any atom is 0.242 e. The standard InChI is InChI=1S/C11H13N3O2S2/c1-14(2)18(15,16)9-5-3-4-8(6-9)10-7-17-11(12)13-10/h3-7H,1-2H3,(H2,12,13). The van der Waals surface area contributed by atoms with Crippen molar-refractivity contribution in [3.8, 4) is 11.3 Å². The lowest BCUT2D eigenvalue weighted by atomic mass is 10.2. The second-order valence-electron chi connectivity index (χ2n) is 3.89. The molecule has 2 N–H and O–H groups in total. The summed E-state index contributed by atoms with van der Waals surface area (Å²) in [6, 6.07) is 6.67. The quantitative estimate of drug-likeness (QED) is 0.929. The molecule has 1 aromatic carbocycles. The number of nitrogens with two attached hydrogens (primary N) is 1. The Bertz CT molecular complexity index is 662. The molecule has 1 heterocycles. The summed E-state index contributed by atoms with van der Waals surface area (Å²) in [6.45, 7) is 0. The van der Waals surface area contributed by atoms with Crippen molar-refractivity contribution in [3.63, 3.8) is 0 Å². The molecule has 0 radical (unpaired) electrons. The molecule has 18 heavy (non-hydrogen) atoms. The van der Waals surface area contributed by atoms with Crippen LogP contribution in [0.1, 0.15) is 0 Å². The summed E-state index contributed by atoms with van der Waals surface area (Å²) in [7, 11) is -0.417. The van der Waals surface area contributed by atoms with Crippen LogP contribution in [0.15, 0.2) is 34.5 Å². The molecule has 96 valence electrons. The molecule has 0 fully saturated rings. The molecule has 0 saturated heterocycles. The van der Waals surface area contributed by atoms with Crippen molar-refractivity contribution < 1.29 is 8.42 Å². The fourth-order valence-corrected chi connectivity index (χ4v) is 2.97. The van der Waals surface area contributed by atoms with E-state index in [1.165, 1.54) is 29.7 Å². The molecule has 1 aromatic heterocycles. The first-order chi connectivity index (χ1) is 8.41. The molecular weight excluding hydrogens is 270 g/mol. The average molecular weight is 283 g/mol. The van der Waals surface area contributed by atoms with Gasteiger partial charge in [0, 0.05) is 25.0 Å². The van der Waals surface area contributed by atoms with Crippen LogP contribution in [-0.2, 0) is 10.0 Å². The summed E-state index contributed by atoms with van der Waals surface area (Å²) in [5.41, 5.74) is 7.00. The van der Waals surface area contributed by atoms with E-state index in [9.17, 15) is 8.42 Å². The van der Waals surface area contributed by atoms with E-state index in [1.54, 1.807) is 23.6 Å². The largest absolute Gasteiger partial charge is 0.375 e. The Morgan fingerprint density at radius 1 is 1.33 bits per heavy atom. The third-order valence-corrected chi connectivity index (χ3v) is 4.92. The van der Waals surface area contributed by atoms with E-state index in [4.69, 9.17) is 5.73 Å². The number of sulfonamides is 1. The number of thiazole rings is 1. The zero-order chi connectivity index (χ0) is 13.3. The minimum Gasteiger partial charge on any atom is -0.375 e. The van der Waals surface area contributed by atoms with Crippen molar-refractivity contribution in [2.45, 2.75) is 4.90 Å². The minimum atomic E-state index is -3.42. The summed E-state index contributed by atoms with van der Waals surface area (Å²) in [5.74, 6) is 0. The van der Waals surface area contributed by atoms with Gasteiger partial charge in [-0.1, -0.05) is 12.1 Å². The van der Waals surface area contributed by atoms with E-state index in [-0.39, 0.29) is 4.90 Å². The number of aromatic nitrogens is 1. The van der Waals surface area contributed by atoms with Gasteiger partial charge in [0.1, 0.15) is 0 Å². The van der Waals surface area contributed by atoms with Gasteiger partial charge in [-0.15, -0.1) is 11.3 Å². The van der Waals surface area contributed by atoms with Crippen LogP contribution in [0.2, 0.25) is 0 Å². The third kappa shape index (κ3) is 2.38. The number of nitrogens with zero attached hydrogens (tertiary/aromatic N) is 2. The molecule has 0 atom stereocenters. The number of rotatable bonds is 3. The van der Waals surface area contributed by atoms with Gasteiger partial charge >= 0.3 is 0 Å². The predicted octanol–water partition coefficient (Wildman–Crippen LogP) is 1.64. The Morgan fingerprint density at radius 2 is 2.06 bits per heavy atom. The Kier molecular flexibility index (Phi) is 3.38. The molecule has 0 aliphatic heterocycles. The lowest BCUT2D eigenvalue weighted by molar-refractivity contribution is 0.521. The predicted molar refractivity (Wildman–Crippen MR) is 72.8 cm³/mol. The highest BCUT2D eigenvalue weighted by Gasteiger charge is 2.17. The number of nitrogen functional groups attached to an aromatic ring is 1. The van der Waals surface area contributed by atoms with Crippen LogP contribution >= 0.6 is 11.3 Å². The topological polar surface area (TPSA) is 76.3 Å². The van der Waals surface area contributed by atoms with Gasteiger partial charge in [-0.05, 0) is 12.1 Å². The highest BCUT2D eigenvalue weighted by atomic mass is 32.2. The third-order valence-electron chi connectivity index (χ3n) is 2.43. The second-order valence-corrected chi connectivity index (χ2v) is 6.93. The van der Waals surface area contributed by atoms with Gasteiger partial charge in [0.25, 0.3) is 0 Å². The molecule has 7 heteroatoms. The zero-order valence-corrected chi connectivity index (χ0v) is 11.6. The second kappa shape index (κ2) is 4.68. The minimum absolute atomic E-state index is 0.247. The van der Waals surface area contributed by atoms with E-state index in [1.807, 2.05) is 6.07 Å². The van der Waals surface area contributed by atoms with Crippen LogP contribution in [-0.4, -0.2) is 31.8 Å². The maximum atomic E-state index is 12.0. The molecule has 2 aromatic rings. The van der Waals surface area contributed by atoms with Crippen molar-refractivity contribution in [2.24, 2.45) is 0 Å². The van der Waals surface area contributed by atoms with E-state index in [0.29, 0.717) is 10.8 Å². The van der Waals surface area contributed by atoms with E-state index < -0.39 is 10.0 Å². The molecule has 0 amide bonds. The molecule has 0 spiro atoms. The lowest BCUT2D eigenvalue weighted by Gasteiger charge is -2.11. The molecule has 0 unspecified atom stereocenters. The zero-order valence-electron chi connectivity index (χ0n) is 9.99. The Labute approximate surface area is 110 Å². The Morgan fingerprint density at radius 3 is 2.61 bits per heavy atom. The van der Waals surface area contributed by atoms with Crippen LogP contribution in [0, 0.1) is 0 Å².